The molecule has 1 amide bonds. The van der Waals surface area contributed by atoms with Gasteiger partial charge in [-0.25, -0.2) is 9.59 Å². The van der Waals surface area contributed by atoms with Crippen molar-refractivity contribution in [2.45, 2.75) is 58.9 Å². The molecule has 0 aromatic heterocycles. The summed E-state index contributed by atoms with van der Waals surface area (Å²) in [6, 6.07) is -0.727. The minimum atomic E-state index is -0.727. The number of amides is 1. The lowest BCUT2D eigenvalue weighted by Gasteiger charge is -2.20. The number of esters is 1. The molecule has 0 fully saturated rings. The van der Waals surface area contributed by atoms with E-state index >= 15 is 0 Å². The molecule has 0 spiro atoms. The number of alkyl carbamates (subject to hydrolysis) is 1. The third kappa shape index (κ3) is 7.81. The maximum absolute atomic E-state index is 12.0. The average Bonchev–Trinajstić information content (AvgIpc) is 2.40. The normalized spacial score (nSPS) is 11.8. The SMILES string of the molecule is C=C(CCCCCC)OC(=O)[C@@H](NC(=O)OC)C(C)C. The van der Waals surface area contributed by atoms with Crippen LogP contribution < -0.4 is 5.32 Å². The van der Waals surface area contributed by atoms with Gasteiger partial charge in [0.05, 0.1) is 7.11 Å². The summed E-state index contributed by atoms with van der Waals surface area (Å²) in [5.74, 6) is -0.135. The van der Waals surface area contributed by atoms with E-state index in [1.165, 1.54) is 13.5 Å². The number of rotatable bonds is 9. The minimum absolute atomic E-state index is 0.0884. The molecule has 0 bridgehead atoms. The molecule has 0 aliphatic rings. The molecule has 5 heteroatoms. The van der Waals surface area contributed by atoms with Crippen molar-refractivity contribution in [3.8, 4) is 0 Å². The Bertz CT molecular complexity index is 326. The highest BCUT2D eigenvalue weighted by molar-refractivity contribution is 5.82. The zero-order chi connectivity index (χ0) is 15.5. The highest BCUT2D eigenvalue weighted by Gasteiger charge is 2.26. The second-order valence-corrected chi connectivity index (χ2v) is 5.13. The molecule has 0 unspecified atom stereocenters. The topological polar surface area (TPSA) is 64.6 Å². The summed E-state index contributed by atoms with van der Waals surface area (Å²) >= 11 is 0. The molecule has 20 heavy (non-hydrogen) atoms. The second kappa shape index (κ2) is 10.3. The van der Waals surface area contributed by atoms with Crippen LogP contribution in [-0.4, -0.2) is 25.2 Å². The van der Waals surface area contributed by atoms with Gasteiger partial charge in [-0.3, -0.25) is 0 Å². The number of ether oxygens (including phenoxy) is 2. The van der Waals surface area contributed by atoms with Crippen LogP contribution in [-0.2, 0) is 14.3 Å². The van der Waals surface area contributed by atoms with Gasteiger partial charge in [-0.1, -0.05) is 46.6 Å². The molecule has 1 atom stereocenters. The quantitative estimate of drug-likeness (QED) is 0.400. The van der Waals surface area contributed by atoms with Crippen LogP contribution in [0.1, 0.15) is 52.9 Å². The van der Waals surface area contributed by atoms with Gasteiger partial charge in [0, 0.05) is 6.42 Å². The third-order valence-corrected chi connectivity index (χ3v) is 2.93. The Morgan fingerprint density at radius 1 is 1.20 bits per heavy atom. The molecule has 0 radical (unpaired) electrons. The van der Waals surface area contributed by atoms with Crippen molar-refractivity contribution >= 4 is 12.1 Å². The molecule has 116 valence electrons. The summed E-state index contributed by atoms with van der Waals surface area (Å²) < 4.78 is 9.69. The van der Waals surface area contributed by atoms with Crippen LogP contribution in [0, 0.1) is 5.92 Å². The van der Waals surface area contributed by atoms with Crippen LogP contribution in [0.25, 0.3) is 0 Å². The Kier molecular flexibility index (Phi) is 9.51. The molecular weight excluding hydrogens is 258 g/mol. The molecule has 0 rings (SSSR count). The first-order valence-corrected chi connectivity index (χ1v) is 7.16. The number of hydrogen-bond donors (Lipinski definition) is 1. The first-order chi connectivity index (χ1) is 9.42. The maximum atomic E-state index is 12.0. The van der Waals surface area contributed by atoms with Crippen molar-refractivity contribution in [3.05, 3.63) is 12.3 Å². The Morgan fingerprint density at radius 2 is 1.85 bits per heavy atom. The zero-order valence-corrected chi connectivity index (χ0v) is 13.0. The highest BCUT2D eigenvalue weighted by atomic mass is 16.5. The molecule has 0 aromatic rings. The van der Waals surface area contributed by atoms with E-state index in [9.17, 15) is 9.59 Å². The summed E-state index contributed by atoms with van der Waals surface area (Å²) in [4.78, 5) is 23.2. The molecule has 1 N–H and O–H groups in total. The zero-order valence-electron chi connectivity index (χ0n) is 13.0. The van der Waals surface area contributed by atoms with Crippen molar-refractivity contribution in [1.82, 2.24) is 5.32 Å². The molecular formula is C15H27NO4. The predicted molar refractivity (Wildman–Crippen MR) is 78.2 cm³/mol. The van der Waals surface area contributed by atoms with Gasteiger partial charge in [0.1, 0.15) is 11.8 Å². The van der Waals surface area contributed by atoms with Crippen LogP contribution in [0.5, 0.6) is 0 Å². The highest BCUT2D eigenvalue weighted by Crippen LogP contribution is 2.12. The van der Waals surface area contributed by atoms with Gasteiger partial charge >= 0.3 is 12.1 Å². The minimum Gasteiger partial charge on any atom is -0.453 e. The Balaban J connectivity index is 4.24. The van der Waals surface area contributed by atoms with E-state index in [1.54, 1.807) is 0 Å². The summed E-state index contributed by atoms with van der Waals surface area (Å²) in [6.45, 7) is 9.54. The standard InChI is InChI=1S/C15H27NO4/c1-6-7-8-9-10-12(4)20-14(17)13(11(2)3)16-15(18)19-5/h11,13H,4,6-10H2,1-3,5H3,(H,16,18)/t13-/m0/s1. The predicted octanol–water partition coefficient (Wildman–Crippen LogP) is 3.39. The van der Waals surface area contributed by atoms with Gasteiger partial charge in [0.2, 0.25) is 0 Å². The number of hydrogen-bond acceptors (Lipinski definition) is 4. The van der Waals surface area contributed by atoms with Crippen LogP contribution in [0.2, 0.25) is 0 Å². The van der Waals surface area contributed by atoms with Gasteiger partial charge in [0.25, 0.3) is 0 Å². The summed E-state index contributed by atoms with van der Waals surface area (Å²) in [6.07, 6.45) is 4.39. The van der Waals surface area contributed by atoms with E-state index in [2.05, 4.69) is 23.6 Å². The Morgan fingerprint density at radius 3 is 2.35 bits per heavy atom. The number of methoxy groups -OCH3 is 1. The fourth-order valence-electron chi connectivity index (χ4n) is 1.69. The Hall–Kier alpha value is -1.52. The van der Waals surface area contributed by atoms with E-state index in [0.29, 0.717) is 12.2 Å². The van der Waals surface area contributed by atoms with E-state index < -0.39 is 18.1 Å². The fraction of sp³-hybridized carbons (Fsp3) is 0.733. The maximum Gasteiger partial charge on any atom is 0.407 e. The monoisotopic (exact) mass is 285 g/mol. The average molecular weight is 285 g/mol. The molecule has 5 nitrogen and oxygen atoms in total. The first kappa shape index (κ1) is 18.5. The molecule has 0 heterocycles. The fourth-order valence-corrected chi connectivity index (χ4v) is 1.69. The number of allylic oxidation sites excluding steroid dienone is 1. The number of carbonyl (C=O) groups excluding carboxylic acids is 2. The molecule has 0 aromatic carbocycles. The summed E-state index contributed by atoms with van der Waals surface area (Å²) in [5.41, 5.74) is 0. The van der Waals surface area contributed by atoms with Crippen LogP contribution in [0.3, 0.4) is 0 Å². The van der Waals surface area contributed by atoms with E-state index in [4.69, 9.17) is 4.74 Å². The molecule has 0 saturated heterocycles. The van der Waals surface area contributed by atoms with Gasteiger partial charge in [-0.05, 0) is 12.3 Å². The lowest BCUT2D eigenvalue weighted by atomic mass is 10.1. The molecule has 0 aliphatic carbocycles. The van der Waals surface area contributed by atoms with Crippen molar-refractivity contribution in [2.75, 3.05) is 7.11 Å². The number of carbonyl (C=O) groups is 2. The van der Waals surface area contributed by atoms with Crippen molar-refractivity contribution < 1.29 is 19.1 Å². The van der Waals surface area contributed by atoms with Crippen molar-refractivity contribution in [2.24, 2.45) is 5.92 Å². The van der Waals surface area contributed by atoms with Crippen LogP contribution in [0.15, 0.2) is 12.3 Å². The molecule has 0 aliphatic heterocycles. The van der Waals surface area contributed by atoms with E-state index in [0.717, 1.165) is 19.3 Å². The second-order valence-electron chi connectivity index (χ2n) is 5.13. The van der Waals surface area contributed by atoms with E-state index in [1.807, 2.05) is 13.8 Å². The van der Waals surface area contributed by atoms with Gasteiger partial charge < -0.3 is 14.8 Å². The molecule has 0 saturated carbocycles. The van der Waals surface area contributed by atoms with Gasteiger partial charge in [-0.15, -0.1) is 0 Å². The van der Waals surface area contributed by atoms with Crippen molar-refractivity contribution in [3.63, 3.8) is 0 Å². The van der Waals surface area contributed by atoms with Crippen molar-refractivity contribution in [1.29, 1.82) is 0 Å². The van der Waals surface area contributed by atoms with Gasteiger partial charge in [0.15, 0.2) is 0 Å². The van der Waals surface area contributed by atoms with E-state index in [-0.39, 0.29) is 5.92 Å². The summed E-state index contributed by atoms with van der Waals surface area (Å²) in [5, 5.41) is 2.47. The third-order valence-electron chi connectivity index (χ3n) is 2.93. The number of unbranched alkanes of at least 4 members (excludes halogenated alkanes) is 3. The number of nitrogens with one attached hydrogen (secondary N) is 1. The van der Waals surface area contributed by atoms with Gasteiger partial charge in [-0.2, -0.15) is 0 Å². The largest absolute Gasteiger partial charge is 0.453 e. The summed E-state index contributed by atoms with van der Waals surface area (Å²) in [7, 11) is 1.25. The lowest BCUT2D eigenvalue weighted by Crippen LogP contribution is -2.45. The smallest absolute Gasteiger partial charge is 0.407 e. The Labute approximate surface area is 121 Å². The van der Waals surface area contributed by atoms with Crippen LogP contribution >= 0.6 is 0 Å². The lowest BCUT2D eigenvalue weighted by molar-refractivity contribution is -0.143. The first-order valence-electron chi connectivity index (χ1n) is 7.16. The van der Waals surface area contributed by atoms with Crippen LogP contribution in [0.4, 0.5) is 4.79 Å².